The Bertz CT molecular complexity index is 3840. The molecular weight excluding hydrogens is 1250 g/mol. The van der Waals surface area contributed by atoms with Gasteiger partial charge in [-0.3, -0.25) is 4.79 Å². The van der Waals surface area contributed by atoms with Gasteiger partial charge >= 0.3 is 49.4 Å². The van der Waals surface area contributed by atoms with Gasteiger partial charge in [0.15, 0.2) is 6.20 Å². The minimum absolute atomic E-state index is 0.0375. The van der Waals surface area contributed by atoms with Crippen LogP contribution in [0.25, 0.3) is 32.3 Å². The summed E-state index contributed by atoms with van der Waals surface area (Å²) in [5.41, 5.74) is -29.5. The Kier molecular flexibility index (Phi) is 16.3. The molecular formula is C60H31BF24N2O2. The molecule has 0 radical (unpaired) electrons. The fraction of sp³-hybridized carbons (Fsp3) is 0.150. The van der Waals surface area contributed by atoms with E-state index < -0.39 is 195 Å². The first kappa shape index (κ1) is 64.4. The summed E-state index contributed by atoms with van der Waals surface area (Å²) in [5, 5.41) is 7.10. The van der Waals surface area contributed by atoms with Crippen molar-refractivity contribution in [3.8, 4) is 11.6 Å². The predicted molar refractivity (Wildman–Crippen MR) is 275 cm³/mol. The molecule has 0 aliphatic carbocycles. The van der Waals surface area contributed by atoms with Crippen molar-refractivity contribution in [1.82, 2.24) is 4.98 Å². The number of ether oxygens (including phenoxy) is 1. The maximum Gasteiger partial charge on any atom is 0.416 e. The number of aromatic nitrogens is 2. The number of carbonyl (C=O) groups excluding carboxylic acids is 1. The van der Waals surface area contributed by atoms with Gasteiger partial charge in [0.2, 0.25) is 18.5 Å². The lowest BCUT2D eigenvalue weighted by Gasteiger charge is -2.46. The summed E-state index contributed by atoms with van der Waals surface area (Å²) >= 11 is 0. The molecule has 0 unspecified atom stereocenters. The number of carbonyl (C=O) groups is 1. The molecule has 10 rings (SSSR count). The van der Waals surface area contributed by atoms with Crippen LogP contribution in [-0.4, -0.2) is 16.9 Å². The van der Waals surface area contributed by atoms with Gasteiger partial charge in [-0.05, 0) is 57.9 Å². The average molecular weight is 1280 g/mol. The van der Waals surface area contributed by atoms with Gasteiger partial charge in [-0.1, -0.05) is 121 Å². The molecule has 464 valence electrons. The van der Waals surface area contributed by atoms with E-state index in [2.05, 4.69) is 53.5 Å². The standard InChI is InChI=1S/C32H12BF24.C28H19N2O2/c34-25(35,36)13-1-14(26(37,38)39)6-21(5-13)33(22-7-15(27(40,41)42)2-16(8-22)28(43,44)45,23-9-17(29(46,47)48)3-18(10-23)30(49,50)51)24-11-19(31(52,53)54)4-20(12-24)32(55,56)57;31-24(19-5-2-1-3-6-19)17-30-16-15-29-26(18-30)32-25-14-12-22-10-9-20-7-4-8-21-11-13-23(25)28(22)27(20)21/h1-12H;1-16,18H,17H2/q-1;+1. The molecule has 0 aliphatic heterocycles. The van der Waals surface area contributed by atoms with Crippen LogP contribution in [0.3, 0.4) is 0 Å². The molecule has 29 heteroatoms. The summed E-state index contributed by atoms with van der Waals surface area (Å²) in [6, 6.07) is 19.5. The number of nitrogens with zero attached hydrogens (tertiary/aromatic N) is 2. The van der Waals surface area contributed by atoms with Crippen LogP contribution in [0.2, 0.25) is 0 Å². The monoisotopic (exact) mass is 1280 g/mol. The quantitative estimate of drug-likeness (QED) is 0.0476. The Morgan fingerprint density at radius 2 is 0.708 bits per heavy atom. The summed E-state index contributed by atoms with van der Waals surface area (Å²) < 4.78 is 349. The fourth-order valence-corrected chi connectivity index (χ4v) is 10.4. The van der Waals surface area contributed by atoms with E-state index >= 15 is 0 Å². The molecule has 1 heterocycles. The number of halogens is 24. The summed E-state index contributed by atoms with van der Waals surface area (Å²) in [5.74, 6) is 1.23. The van der Waals surface area contributed by atoms with E-state index in [1.54, 1.807) is 23.2 Å². The maximum absolute atomic E-state index is 14.2. The first-order chi connectivity index (χ1) is 41.0. The second-order valence-electron chi connectivity index (χ2n) is 20.1. The van der Waals surface area contributed by atoms with Crippen molar-refractivity contribution >= 4 is 66.1 Å². The van der Waals surface area contributed by atoms with E-state index in [9.17, 15) is 110 Å². The van der Waals surface area contributed by atoms with Crippen molar-refractivity contribution in [2.24, 2.45) is 0 Å². The molecule has 9 aromatic carbocycles. The zero-order valence-electron chi connectivity index (χ0n) is 43.8. The van der Waals surface area contributed by atoms with Gasteiger partial charge in [-0.2, -0.15) is 132 Å². The topological polar surface area (TPSA) is 43.1 Å². The Labute approximate surface area is 483 Å². The van der Waals surface area contributed by atoms with Crippen LogP contribution in [-0.2, 0) is 56.0 Å². The van der Waals surface area contributed by atoms with Crippen molar-refractivity contribution in [3.63, 3.8) is 0 Å². The van der Waals surface area contributed by atoms with Crippen LogP contribution < -0.4 is 31.2 Å². The summed E-state index contributed by atoms with van der Waals surface area (Å²) in [6.45, 7) is 0.224. The number of hydrogen-bond acceptors (Lipinski definition) is 3. The third kappa shape index (κ3) is 13.5. The molecule has 0 amide bonds. The van der Waals surface area contributed by atoms with Crippen LogP contribution >= 0.6 is 0 Å². The lowest BCUT2D eigenvalue weighted by atomic mass is 9.12. The zero-order valence-corrected chi connectivity index (χ0v) is 43.8. The largest absolute Gasteiger partial charge is 0.434 e. The molecule has 0 N–H and O–H groups in total. The van der Waals surface area contributed by atoms with E-state index in [1.807, 2.05) is 36.4 Å². The number of benzene rings is 9. The molecule has 0 saturated heterocycles. The first-order valence-electron chi connectivity index (χ1n) is 25.2. The molecule has 0 fully saturated rings. The number of Topliss-reactive ketones (excluding diaryl/α,β-unsaturated/α-hetero) is 1. The molecule has 0 aliphatic rings. The molecule has 4 nitrogen and oxygen atoms in total. The highest BCUT2D eigenvalue weighted by atomic mass is 19.4. The van der Waals surface area contributed by atoms with Crippen LogP contribution in [0.1, 0.15) is 54.9 Å². The van der Waals surface area contributed by atoms with Gasteiger partial charge in [-0.25, -0.2) is 4.98 Å². The Morgan fingerprint density at radius 1 is 0.382 bits per heavy atom. The molecule has 0 saturated carbocycles. The fourth-order valence-electron chi connectivity index (χ4n) is 10.4. The highest BCUT2D eigenvalue weighted by Gasteiger charge is 2.47. The highest BCUT2D eigenvalue weighted by molar-refractivity contribution is 7.20. The van der Waals surface area contributed by atoms with Crippen LogP contribution in [0.4, 0.5) is 105 Å². The summed E-state index contributed by atoms with van der Waals surface area (Å²) in [4.78, 5) is 16.9. The number of hydrogen-bond donors (Lipinski definition) is 0. The highest BCUT2D eigenvalue weighted by Crippen LogP contribution is 2.43. The Balaban J connectivity index is 0.000000245. The SMILES string of the molecule is FC(F)(F)c1cc([B-](c2cc(C(F)(F)F)cc(C(F)(F)F)c2)(c2cc(C(F)(F)F)cc(C(F)(F)F)c2)c2cc(C(F)(F)F)cc(C(F)(F)F)c2)cc(C(F)(F)F)c1.O=C(C[n+]1ccnc(Oc2ccc3ccc4cccc5ccc2c3c45)c1)c1ccccc1. The van der Waals surface area contributed by atoms with Crippen molar-refractivity contribution in [2.75, 3.05) is 0 Å². The molecule has 0 bridgehead atoms. The third-order valence-electron chi connectivity index (χ3n) is 14.3. The first-order valence-corrected chi connectivity index (χ1v) is 25.2. The van der Waals surface area contributed by atoms with E-state index in [-0.39, 0.29) is 12.3 Å². The van der Waals surface area contributed by atoms with Crippen molar-refractivity contribution < 1.29 is 119 Å². The van der Waals surface area contributed by atoms with Gasteiger partial charge in [0.1, 0.15) is 11.9 Å². The van der Waals surface area contributed by atoms with Crippen molar-refractivity contribution in [2.45, 2.75) is 56.0 Å². The minimum Gasteiger partial charge on any atom is -0.434 e. The number of alkyl halides is 24. The molecule has 10 aromatic rings. The third-order valence-corrected chi connectivity index (χ3v) is 14.3. The zero-order chi connectivity index (χ0) is 65.4. The van der Waals surface area contributed by atoms with Gasteiger partial charge in [-0.15, -0.1) is 0 Å². The van der Waals surface area contributed by atoms with Gasteiger partial charge in [0, 0.05) is 16.3 Å². The number of ketones is 1. The van der Waals surface area contributed by atoms with Crippen LogP contribution in [0, 0.1) is 0 Å². The molecule has 0 spiro atoms. The van der Waals surface area contributed by atoms with Gasteiger partial charge < -0.3 is 4.74 Å². The smallest absolute Gasteiger partial charge is 0.416 e. The summed E-state index contributed by atoms with van der Waals surface area (Å²) in [6.07, 6.45) is -49.6. The molecule has 1 aromatic heterocycles. The summed E-state index contributed by atoms with van der Waals surface area (Å²) in [7, 11) is 0. The Morgan fingerprint density at radius 3 is 1.06 bits per heavy atom. The normalized spacial score (nSPS) is 13.3. The lowest BCUT2D eigenvalue weighted by molar-refractivity contribution is -0.683. The lowest BCUT2D eigenvalue weighted by Crippen LogP contribution is -2.75. The van der Waals surface area contributed by atoms with E-state index in [0.717, 1.165) is 11.1 Å². The van der Waals surface area contributed by atoms with E-state index in [4.69, 9.17) is 4.74 Å². The van der Waals surface area contributed by atoms with E-state index in [0.29, 0.717) is 11.4 Å². The Hall–Kier alpha value is -9.05. The molecule has 89 heavy (non-hydrogen) atoms. The van der Waals surface area contributed by atoms with Gasteiger partial charge in [0.05, 0.1) is 50.7 Å². The van der Waals surface area contributed by atoms with Crippen molar-refractivity contribution in [3.05, 3.63) is 226 Å². The van der Waals surface area contributed by atoms with Crippen molar-refractivity contribution in [1.29, 1.82) is 0 Å². The second kappa shape index (κ2) is 22.5. The van der Waals surface area contributed by atoms with Gasteiger partial charge in [0.25, 0.3) is 5.88 Å². The van der Waals surface area contributed by atoms with Crippen LogP contribution in [0.15, 0.2) is 176 Å². The van der Waals surface area contributed by atoms with Crippen LogP contribution in [0.5, 0.6) is 11.6 Å². The predicted octanol–water partition coefficient (Wildman–Crippen LogP) is 17.2. The average Bonchev–Trinajstić information content (AvgIpc) is 0.719. The maximum atomic E-state index is 14.2. The second-order valence-corrected chi connectivity index (χ2v) is 20.1. The minimum atomic E-state index is -6.13. The number of rotatable bonds is 9. The molecule has 0 atom stereocenters. The van der Waals surface area contributed by atoms with E-state index in [1.165, 1.54) is 26.9 Å².